The number of nitrogens with one attached hydrogen (secondary N) is 2. The van der Waals surface area contributed by atoms with E-state index >= 15 is 0 Å². The zero-order valence-corrected chi connectivity index (χ0v) is 12.0. The van der Waals surface area contributed by atoms with Gasteiger partial charge in [-0.1, -0.05) is 12.1 Å². The van der Waals surface area contributed by atoms with E-state index in [4.69, 9.17) is 5.11 Å². The quantitative estimate of drug-likeness (QED) is 0.707. The number of carbonyl (C=O) groups is 1. The van der Waals surface area contributed by atoms with E-state index in [0.717, 1.165) is 12.8 Å². The molecule has 0 radical (unpaired) electrons. The molecule has 1 aromatic rings. The van der Waals surface area contributed by atoms with Crippen molar-refractivity contribution in [3.63, 3.8) is 0 Å². The van der Waals surface area contributed by atoms with Crippen LogP contribution in [0.25, 0.3) is 0 Å². The Morgan fingerprint density at radius 1 is 1.40 bits per heavy atom. The van der Waals surface area contributed by atoms with Gasteiger partial charge in [0, 0.05) is 12.1 Å². The summed E-state index contributed by atoms with van der Waals surface area (Å²) in [7, 11) is -3.56. The third-order valence-electron chi connectivity index (χ3n) is 2.96. The molecule has 110 valence electrons. The highest BCUT2D eigenvalue weighted by atomic mass is 32.2. The van der Waals surface area contributed by atoms with Gasteiger partial charge in [-0.2, -0.15) is 0 Å². The standard InChI is InChI=1S/C13H18N2O4S/c1-9(8-13(16)17)14-11-4-2-3-5-12(11)20(18,19)15-10-6-7-10/h2-5,9-10,14-15H,6-8H2,1H3,(H,16,17). The Kier molecular flexibility index (Phi) is 4.29. The average molecular weight is 298 g/mol. The number of rotatable bonds is 7. The van der Waals surface area contributed by atoms with Crippen molar-refractivity contribution in [1.29, 1.82) is 0 Å². The molecule has 1 fully saturated rings. The van der Waals surface area contributed by atoms with Crippen LogP contribution in [0.2, 0.25) is 0 Å². The fourth-order valence-corrected chi connectivity index (χ4v) is 3.36. The molecular weight excluding hydrogens is 280 g/mol. The van der Waals surface area contributed by atoms with Gasteiger partial charge in [-0.25, -0.2) is 13.1 Å². The van der Waals surface area contributed by atoms with Crippen LogP contribution >= 0.6 is 0 Å². The van der Waals surface area contributed by atoms with Gasteiger partial charge >= 0.3 is 5.97 Å². The Balaban J connectivity index is 2.19. The minimum Gasteiger partial charge on any atom is -0.481 e. The van der Waals surface area contributed by atoms with E-state index in [2.05, 4.69) is 10.0 Å². The molecule has 0 bridgehead atoms. The molecule has 0 spiro atoms. The molecule has 20 heavy (non-hydrogen) atoms. The van der Waals surface area contributed by atoms with Crippen molar-refractivity contribution < 1.29 is 18.3 Å². The Morgan fingerprint density at radius 2 is 2.05 bits per heavy atom. The van der Waals surface area contributed by atoms with Gasteiger partial charge in [-0.15, -0.1) is 0 Å². The van der Waals surface area contributed by atoms with Crippen molar-refractivity contribution in [1.82, 2.24) is 4.72 Å². The summed E-state index contributed by atoms with van der Waals surface area (Å²) < 4.78 is 27.1. The van der Waals surface area contributed by atoms with Gasteiger partial charge in [0.15, 0.2) is 0 Å². The molecule has 0 aliphatic heterocycles. The van der Waals surface area contributed by atoms with E-state index in [1.54, 1.807) is 25.1 Å². The van der Waals surface area contributed by atoms with Crippen molar-refractivity contribution in [3.05, 3.63) is 24.3 Å². The normalized spacial score (nSPS) is 16.6. The maximum absolute atomic E-state index is 12.2. The first-order valence-electron chi connectivity index (χ1n) is 6.48. The predicted molar refractivity (Wildman–Crippen MR) is 75.1 cm³/mol. The van der Waals surface area contributed by atoms with Crippen LogP contribution in [0.3, 0.4) is 0 Å². The number of benzene rings is 1. The van der Waals surface area contributed by atoms with Crippen molar-refractivity contribution >= 4 is 21.7 Å². The molecular formula is C13H18N2O4S. The van der Waals surface area contributed by atoms with Gasteiger partial charge in [-0.05, 0) is 31.9 Å². The number of carboxylic acids is 1. The van der Waals surface area contributed by atoms with Crippen molar-refractivity contribution in [2.24, 2.45) is 0 Å². The fraction of sp³-hybridized carbons (Fsp3) is 0.462. The largest absolute Gasteiger partial charge is 0.481 e. The maximum atomic E-state index is 12.2. The number of aliphatic carboxylic acids is 1. The minimum atomic E-state index is -3.56. The van der Waals surface area contributed by atoms with Gasteiger partial charge in [0.05, 0.1) is 12.1 Å². The van der Waals surface area contributed by atoms with Gasteiger partial charge in [0.2, 0.25) is 10.0 Å². The Hall–Kier alpha value is -1.60. The highest BCUT2D eigenvalue weighted by Crippen LogP contribution is 2.26. The first kappa shape index (κ1) is 14.8. The van der Waals surface area contributed by atoms with Crippen molar-refractivity contribution in [2.45, 2.75) is 43.2 Å². The number of para-hydroxylation sites is 1. The van der Waals surface area contributed by atoms with Gasteiger partial charge in [0.1, 0.15) is 4.90 Å². The third kappa shape index (κ3) is 3.94. The lowest BCUT2D eigenvalue weighted by Gasteiger charge is -2.17. The van der Waals surface area contributed by atoms with Crippen LogP contribution < -0.4 is 10.0 Å². The zero-order valence-electron chi connectivity index (χ0n) is 11.2. The lowest BCUT2D eigenvalue weighted by molar-refractivity contribution is -0.137. The first-order chi connectivity index (χ1) is 9.38. The molecule has 0 heterocycles. The second-order valence-corrected chi connectivity index (χ2v) is 6.72. The molecule has 3 N–H and O–H groups in total. The van der Waals surface area contributed by atoms with Crippen LogP contribution in [-0.4, -0.2) is 31.6 Å². The van der Waals surface area contributed by atoms with Gasteiger partial charge < -0.3 is 10.4 Å². The van der Waals surface area contributed by atoms with Crippen molar-refractivity contribution in [2.75, 3.05) is 5.32 Å². The summed E-state index contributed by atoms with van der Waals surface area (Å²) in [4.78, 5) is 10.8. The third-order valence-corrected chi connectivity index (χ3v) is 4.54. The van der Waals surface area contributed by atoms with Crippen LogP contribution in [0.15, 0.2) is 29.2 Å². The average Bonchev–Trinajstić information content (AvgIpc) is 3.11. The molecule has 6 nitrogen and oxygen atoms in total. The molecule has 0 saturated heterocycles. The minimum absolute atomic E-state index is 0.0319. The Labute approximate surface area is 118 Å². The van der Waals surface area contributed by atoms with E-state index in [9.17, 15) is 13.2 Å². The number of carboxylic acid groups (broad SMARTS) is 1. The van der Waals surface area contributed by atoms with Gasteiger partial charge in [-0.3, -0.25) is 4.79 Å². The lowest BCUT2D eigenvalue weighted by Crippen LogP contribution is -2.27. The SMILES string of the molecule is CC(CC(=O)O)Nc1ccccc1S(=O)(=O)NC1CC1. The molecule has 0 aromatic heterocycles. The van der Waals surface area contributed by atoms with E-state index in [0.29, 0.717) is 5.69 Å². The molecule has 1 aliphatic carbocycles. The van der Waals surface area contributed by atoms with Gasteiger partial charge in [0.25, 0.3) is 0 Å². The monoisotopic (exact) mass is 298 g/mol. The summed E-state index contributed by atoms with van der Waals surface area (Å²) in [5, 5.41) is 11.7. The van der Waals surface area contributed by atoms with E-state index < -0.39 is 16.0 Å². The fourth-order valence-electron chi connectivity index (χ4n) is 1.88. The number of hydrogen-bond acceptors (Lipinski definition) is 4. The number of sulfonamides is 1. The topological polar surface area (TPSA) is 95.5 Å². The second-order valence-electron chi connectivity index (χ2n) is 5.03. The summed E-state index contributed by atoms with van der Waals surface area (Å²) in [6, 6.07) is 6.19. The Morgan fingerprint density at radius 3 is 2.65 bits per heavy atom. The zero-order chi connectivity index (χ0) is 14.8. The highest BCUT2D eigenvalue weighted by molar-refractivity contribution is 7.89. The second kappa shape index (κ2) is 5.80. The van der Waals surface area contributed by atoms with E-state index in [-0.39, 0.29) is 23.4 Å². The maximum Gasteiger partial charge on any atom is 0.305 e. The van der Waals surface area contributed by atoms with Crippen LogP contribution in [0.1, 0.15) is 26.2 Å². The molecule has 1 unspecified atom stereocenters. The van der Waals surface area contributed by atoms with Crippen molar-refractivity contribution in [3.8, 4) is 0 Å². The van der Waals surface area contributed by atoms with E-state index in [1.165, 1.54) is 6.07 Å². The number of anilines is 1. The molecule has 1 atom stereocenters. The smallest absolute Gasteiger partial charge is 0.305 e. The van der Waals surface area contributed by atoms with Crippen LogP contribution in [-0.2, 0) is 14.8 Å². The summed E-state index contributed by atoms with van der Waals surface area (Å²) in [6.07, 6.45) is 1.65. The van der Waals surface area contributed by atoms with Crippen LogP contribution in [0.5, 0.6) is 0 Å². The molecule has 7 heteroatoms. The summed E-state index contributed by atoms with van der Waals surface area (Å²) in [6.45, 7) is 1.70. The molecule has 2 rings (SSSR count). The predicted octanol–water partition coefficient (Wildman–Crippen LogP) is 1.40. The van der Waals surface area contributed by atoms with Crippen LogP contribution in [0.4, 0.5) is 5.69 Å². The van der Waals surface area contributed by atoms with E-state index in [1.807, 2.05) is 0 Å². The lowest BCUT2D eigenvalue weighted by atomic mass is 10.2. The summed E-state index contributed by atoms with van der Waals surface area (Å²) in [5.41, 5.74) is 0.425. The summed E-state index contributed by atoms with van der Waals surface area (Å²) >= 11 is 0. The Bertz CT molecular complexity index is 596. The number of hydrogen-bond donors (Lipinski definition) is 3. The molecule has 0 amide bonds. The molecule has 1 saturated carbocycles. The summed E-state index contributed by atoms with van der Waals surface area (Å²) in [5.74, 6) is -0.929. The molecule has 1 aliphatic rings. The van der Waals surface area contributed by atoms with Crippen LogP contribution in [0, 0.1) is 0 Å². The molecule has 1 aromatic carbocycles. The first-order valence-corrected chi connectivity index (χ1v) is 7.96. The highest BCUT2D eigenvalue weighted by Gasteiger charge is 2.29.